The number of nitrogens with zero attached hydrogens (tertiary/aromatic N) is 2. The van der Waals surface area contributed by atoms with Crippen molar-refractivity contribution in [1.29, 1.82) is 0 Å². The highest BCUT2D eigenvalue weighted by Gasteiger charge is 2.26. The van der Waals surface area contributed by atoms with Gasteiger partial charge in [-0.25, -0.2) is 9.18 Å². The highest BCUT2D eigenvalue weighted by atomic mass is 79.9. The summed E-state index contributed by atoms with van der Waals surface area (Å²) in [5, 5.41) is 0. The van der Waals surface area contributed by atoms with Gasteiger partial charge in [0, 0.05) is 30.7 Å². The van der Waals surface area contributed by atoms with Crippen LogP contribution in [0.3, 0.4) is 0 Å². The van der Waals surface area contributed by atoms with Gasteiger partial charge in [-0.3, -0.25) is 4.79 Å². The van der Waals surface area contributed by atoms with Crippen LogP contribution in [0.5, 0.6) is 0 Å². The molecule has 2 amide bonds. The standard InChI is InChI=1S/C13H14BrFN2O3/c1-20-13(19)17-6-4-16(5-7-17)12(18)10-8-9(14)2-3-11(10)15/h2-3,8H,4-7H2,1H3. The van der Waals surface area contributed by atoms with E-state index in [1.165, 1.54) is 29.0 Å². The van der Waals surface area contributed by atoms with Crippen molar-refractivity contribution < 1.29 is 18.7 Å². The zero-order valence-corrected chi connectivity index (χ0v) is 12.5. The summed E-state index contributed by atoms with van der Waals surface area (Å²) in [5.74, 6) is -0.915. The maximum absolute atomic E-state index is 13.7. The Kier molecular flexibility index (Phi) is 4.59. The van der Waals surface area contributed by atoms with Gasteiger partial charge in [-0.1, -0.05) is 15.9 Å². The summed E-state index contributed by atoms with van der Waals surface area (Å²) >= 11 is 3.22. The van der Waals surface area contributed by atoms with Gasteiger partial charge in [-0.15, -0.1) is 0 Å². The number of halogens is 2. The van der Waals surface area contributed by atoms with E-state index in [2.05, 4.69) is 20.7 Å². The Bertz CT molecular complexity index is 530. The summed E-state index contributed by atoms with van der Waals surface area (Å²) in [4.78, 5) is 26.6. The second-order valence-electron chi connectivity index (χ2n) is 4.37. The highest BCUT2D eigenvalue weighted by Crippen LogP contribution is 2.18. The van der Waals surface area contributed by atoms with Crippen molar-refractivity contribution in [2.24, 2.45) is 0 Å². The van der Waals surface area contributed by atoms with Crippen LogP contribution in [0, 0.1) is 5.82 Å². The zero-order valence-electron chi connectivity index (χ0n) is 10.9. The summed E-state index contributed by atoms with van der Waals surface area (Å²) < 4.78 is 19.0. The third-order valence-electron chi connectivity index (χ3n) is 3.16. The zero-order chi connectivity index (χ0) is 14.7. The fraction of sp³-hybridized carbons (Fsp3) is 0.385. The number of amides is 2. The minimum absolute atomic E-state index is 0.0332. The van der Waals surface area contributed by atoms with Gasteiger partial charge in [0.15, 0.2) is 0 Å². The van der Waals surface area contributed by atoms with E-state index in [-0.39, 0.29) is 11.5 Å². The lowest BCUT2D eigenvalue weighted by Crippen LogP contribution is -2.50. The molecule has 0 radical (unpaired) electrons. The molecule has 0 spiro atoms. The molecule has 1 aliphatic heterocycles. The Hall–Kier alpha value is -1.63. The van der Waals surface area contributed by atoms with E-state index in [9.17, 15) is 14.0 Å². The quantitative estimate of drug-likeness (QED) is 0.783. The van der Waals surface area contributed by atoms with E-state index < -0.39 is 11.9 Å². The summed E-state index contributed by atoms with van der Waals surface area (Å²) in [6.45, 7) is 1.49. The van der Waals surface area contributed by atoms with Gasteiger partial charge in [0.2, 0.25) is 0 Å². The number of methoxy groups -OCH3 is 1. The minimum Gasteiger partial charge on any atom is -0.453 e. The molecule has 0 unspecified atom stereocenters. The molecule has 1 saturated heterocycles. The molecule has 0 aliphatic carbocycles. The Morgan fingerprint density at radius 1 is 1.20 bits per heavy atom. The third kappa shape index (κ3) is 3.09. The van der Waals surface area contributed by atoms with Crippen LogP contribution in [-0.4, -0.2) is 55.1 Å². The van der Waals surface area contributed by atoms with E-state index in [0.717, 1.165) is 0 Å². The third-order valence-corrected chi connectivity index (χ3v) is 3.65. The first-order valence-electron chi connectivity index (χ1n) is 6.10. The number of hydrogen-bond acceptors (Lipinski definition) is 3. The molecule has 0 N–H and O–H groups in total. The number of benzene rings is 1. The van der Waals surface area contributed by atoms with E-state index >= 15 is 0 Å². The lowest BCUT2D eigenvalue weighted by Gasteiger charge is -2.33. The van der Waals surface area contributed by atoms with Gasteiger partial charge in [0.25, 0.3) is 5.91 Å². The summed E-state index contributed by atoms with van der Waals surface area (Å²) in [7, 11) is 1.32. The monoisotopic (exact) mass is 344 g/mol. The molecule has 2 rings (SSSR count). The van der Waals surface area contributed by atoms with Gasteiger partial charge >= 0.3 is 6.09 Å². The molecule has 0 bridgehead atoms. The predicted octanol–water partition coefficient (Wildman–Crippen LogP) is 2.11. The average molecular weight is 345 g/mol. The maximum atomic E-state index is 13.7. The second kappa shape index (κ2) is 6.21. The lowest BCUT2D eigenvalue weighted by atomic mass is 10.1. The van der Waals surface area contributed by atoms with Crippen LogP contribution in [0.15, 0.2) is 22.7 Å². The Labute approximate surface area is 124 Å². The molecule has 1 fully saturated rings. The summed E-state index contributed by atoms with van der Waals surface area (Å²) in [5.41, 5.74) is 0.0332. The van der Waals surface area contributed by atoms with E-state index in [0.29, 0.717) is 30.7 Å². The van der Waals surface area contributed by atoms with Crippen molar-refractivity contribution in [2.75, 3.05) is 33.3 Å². The molecule has 1 aliphatic rings. The van der Waals surface area contributed by atoms with Crippen molar-refractivity contribution in [1.82, 2.24) is 9.80 Å². The molecular formula is C13H14BrFN2O3. The first-order valence-corrected chi connectivity index (χ1v) is 6.89. The van der Waals surface area contributed by atoms with Gasteiger partial charge in [-0.05, 0) is 18.2 Å². The molecule has 0 aromatic heterocycles. The van der Waals surface area contributed by atoms with Crippen LogP contribution in [0.4, 0.5) is 9.18 Å². The molecule has 0 saturated carbocycles. The van der Waals surface area contributed by atoms with E-state index in [4.69, 9.17) is 0 Å². The second-order valence-corrected chi connectivity index (χ2v) is 5.29. The summed E-state index contributed by atoms with van der Waals surface area (Å²) in [6.07, 6.45) is -0.411. The van der Waals surface area contributed by atoms with Crippen LogP contribution in [0.25, 0.3) is 0 Å². The van der Waals surface area contributed by atoms with Crippen molar-refractivity contribution in [3.8, 4) is 0 Å². The van der Waals surface area contributed by atoms with Crippen molar-refractivity contribution >= 4 is 27.9 Å². The molecule has 20 heavy (non-hydrogen) atoms. The Morgan fingerprint density at radius 2 is 1.80 bits per heavy atom. The van der Waals surface area contributed by atoms with Gasteiger partial charge in [-0.2, -0.15) is 0 Å². The van der Waals surface area contributed by atoms with Crippen LogP contribution in [0.1, 0.15) is 10.4 Å². The van der Waals surface area contributed by atoms with Crippen molar-refractivity contribution in [2.45, 2.75) is 0 Å². The van der Waals surface area contributed by atoms with E-state index in [1.807, 2.05) is 0 Å². The van der Waals surface area contributed by atoms with Crippen molar-refractivity contribution in [3.63, 3.8) is 0 Å². The number of carbonyl (C=O) groups is 2. The molecular weight excluding hydrogens is 331 g/mol. The Balaban J connectivity index is 2.05. The van der Waals surface area contributed by atoms with Crippen LogP contribution >= 0.6 is 15.9 Å². The average Bonchev–Trinajstić information content (AvgIpc) is 2.48. The Morgan fingerprint density at radius 3 is 2.40 bits per heavy atom. The van der Waals surface area contributed by atoms with Crippen LogP contribution < -0.4 is 0 Å². The first kappa shape index (κ1) is 14.8. The predicted molar refractivity (Wildman–Crippen MR) is 74.0 cm³/mol. The topological polar surface area (TPSA) is 49.9 Å². The molecule has 1 aromatic carbocycles. The largest absolute Gasteiger partial charge is 0.453 e. The molecule has 1 aromatic rings. The van der Waals surface area contributed by atoms with Gasteiger partial charge in [0.05, 0.1) is 12.7 Å². The SMILES string of the molecule is COC(=O)N1CCN(C(=O)c2cc(Br)ccc2F)CC1. The number of piperazine rings is 1. The van der Waals surface area contributed by atoms with Crippen molar-refractivity contribution in [3.05, 3.63) is 34.1 Å². The maximum Gasteiger partial charge on any atom is 0.409 e. The fourth-order valence-corrected chi connectivity index (χ4v) is 2.41. The number of carbonyl (C=O) groups excluding carboxylic acids is 2. The van der Waals surface area contributed by atoms with Gasteiger partial charge < -0.3 is 14.5 Å². The molecule has 1 heterocycles. The first-order chi connectivity index (χ1) is 9.52. The van der Waals surface area contributed by atoms with E-state index in [1.54, 1.807) is 6.07 Å². The summed E-state index contributed by atoms with van der Waals surface area (Å²) in [6, 6.07) is 4.26. The smallest absolute Gasteiger partial charge is 0.409 e. The molecule has 108 valence electrons. The number of hydrogen-bond donors (Lipinski definition) is 0. The van der Waals surface area contributed by atoms with Crippen LogP contribution in [0.2, 0.25) is 0 Å². The number of rotatable bonds is 1. The lowest BCUT2D eigenvalue weighted by molar-refractivity contribution is 0.0595. The van der Waals surface area contributed by atoms with Crippen LogP contribution in [-0.2, 0) is 4.74 Å². The van der Waals surface area contributed by atoms with Gasteiger partial charge in [0.1, 0.15) is 5.82 Å². The molecule has 7 heteroatoms. The number of ether oxygens (including phenoxy) is 1. The minimum atomic E-state index is -0.548. The normalized spacial score (nSPS) is 15.2. The fourth-order valence-electron chi connectivity index (χ4n) is 2.05. The molecule has 5 nitrogen and oxygen atoms in total. The highest BCUT2D eigenvalue weighted by molar-refractivity contribution is 9.10. The molecule has 0 atom stereocenters.